The molecule has 0 bridgehead atoms. The second-order valence-electron chi connectivity index (χ2n) is 15.7. The van der Waals surface area contributed by atoms with Crippen LogP contribution in [0.3, 0.4) is 0 Å². The van der Waals surface area contributed by atoms with E-state index in [2.05, 4.69) is 115 Å². The van der Waals surface area contributed by atoms with Crippen LogP contribution in [0.2, 0.25) is 0 Å². The van der Waals surface area contributed by atoms with E-state index in [1.807, 2.05) is 73.7 Å². The molecule has 2 unspecified atom stereocenters. The number of anilines is 1. The zero-order valence-electron chi connectivity index (χ0n) is 38.0. The summed E-state index contributed by atoms with van der Waals surface area (Å²) < 4.78 is 0. The topological polar surface area (TPSA) is 96.4 Å². The zero-order valence-corrected chi connectivity index (χ0v) is 40.5. The number of nitrogens with zero attached hydrogens (tertiary/aromatic N) is 1. The summed E-state index contributed by atoms with van der Waals surface area (Å²) in [7, 11) is 0. The summed E-state index contributed by atoms with van der Waals surface area (Å²) in [5, 5.41) is 15.3. The minimum absolute atomic E-state index is 0. The van der Waals surface area contributed by atoms with Gasteiger partial charge in [0.2, 0.25) is 0 Å². The first kappa shape index (κ1) is 51.5. The third kappa shape index (κ3) is 15.6. The molecule has 332 valence electrons. The molecule has 1 aromatic heterocycles. The summed E-state index contributed by atoms with van der Waals surface area (Å²) in [6, 6.07) is 78.8. The van der Waals surface area contributed by atoms with Crippen LogP contribution in [0.4, 0.5) is 5.69 Å². The van der Waals surface area contributed by atoms with Gasteiger partial charge in [0.1, 0.15) is 5.60 Å². The fraction of sp³-hybridized carbons (Fsp3) is 0.0820. The second-order valence-corrected chi connectivity index (χ2v) is 15.7. The van der Waals surface area contributed by atoms with E-state index >= 15 is 0 Å². The molecule has 0 aliphatic rings. The van der Waals surface area contributed by atoms with Crippen LogP contribution < -0.4 is 5.32 Å². The fourth-order valence-corrected chi connectivity index (χ4v) is 7.17. The quantitative estimate of drug-likeness (QED) is 0.118. The van der Waals surface area contributed by atoms with Crippen molar-refractivity contribution < 1.29 is 45.7 Å². The molecule has 6 nitrogen and oxygen atoms in total. The summed E-state index contributed by atoms with van der Waals surface area (Å²) in [6.07, 6.45) is 5.82. The maximum Gasteiger partial charge on any atom is 4.00 e. The number of nitrogens with one attached hydrogen (secondary N) is 1. The number of hydrogen-bond acceptors (Lipinski definition) is 6. The average Bonchev–Trinajstić information content (AvgIpc) is 3.41. The van der Waals surface area contributed by atoms with Crippen molar-refractivity contribution in [2.24, 2.45) is 0 Å². The van der Waals surface area contributed by atoms with Gasteiger partial charge in [-0.15, -0.1) is 36.4 Å². The maximum absolute atomic E-state index is 11.5. The number of benzene rings is 8. The van der Waals surface area contributed by atoms with Crippen LogP contribution in [0.1, 0.15) is 53.5 Å². The van der Waals surface area contributed by atoms with Gasteiger partial charge in [0.25, 0.3) is 0 Å². The molecule has 0 fully saturated rings. The molecular weight excluding hydrogens is 916 g/mol. The van der Waals surface area contributed by atoms with E-state index in [4.69, 9.17) is 4.98 Å². The molecule has 9 rings (SSSR count). The number of carbonyl (C=O) groups excluding carboxylic acids is 3. The maximum atomic E-state index is 11.5. The first-order valence-electron chi connectivity index (χ1n) is 21.9. The molecule has 68 heavy (non-hydrogen) atoms. The normalized spacial score (nSPS) is 11.3. The largest absolute Gasteiger partial charge is 4.00 e. The molecule has 0 aliphatic carbocycles. The molecule has 8 aromatic carbocycles. The Hall–Kier alpha value is -7.44. The Balaban J connectivity index is 0.000000278. The number of rotatable bonds is 12. The van der Waals surface area contributed by atoms with E-state index in [1.54, 1.807) is 91.7 Å². The molecular formula is C61H51N2O4Zr+. The number of aromatic nitrogens is 1. The molecule has 0 spiro atoms. The summed E-state index contributed by atoms with van der Waals surface area (Å²) in [6.45, 7) is 3.97. The van der Waals surface area contributed by atoms with Gasteiger partial charge in [-0.3, -0.25) is 4.98 Å². The minimum Gasteiger partial charge on any atom is -0.383 e. The van der Waals surface area contributed by atoms with Crippen LogP contribution in [-0.2, 0) is 52.6 Å². The van der Waals surface area contributed by atoms with Crippen molar-refractivity contribution in [3.63, 3.8) is 0 Å². The van der Waals surface area contributed by atoms with Crippen LogP contribution in [0.25, 0.3) is 33.4 Å². The molecule has 0 saturated heterocycles. The van der Waals surface area contributed by atoms with Gasteiger partial charge in [-0.2, -0.15) is 53.1 Å². The Labute approximate surface area is 419 Å². The van der Waals surface area contributed by atoms with E-state index in [0.29, 0.717) is 28.8 Å². The molecule has 2 N–H and O–H groups in total. The first-order valence-corrected chi connectivity index (χ1v) is 21.9. The average molecular weight is 967 g/mol. The van der Waals surface area contributed by atoms with E-state index in [1.165, 1.54) is 5.56 Å². The standard InChI is InChI=1S/C40H36N2O.3C7H5O.Zr/c1-29(37-24-15-25-38(42-37)40(2,43)28-30-16-7-3-8-17-30)41-39-35(32-20-11-5-12-21-32)26-34(31-18-9-4-10-19-31)27-36(39)33-22-13-6-14-23-33;3*8-6-7-4-2-1-3-5-7;/h3-27,29,41,43H,28H2,1-2H3;3*1-5H;/q;3*-1;+4. The van der Waals surface area contributed by atoms with Gasteiger partial charge in [-0.05, 0) is 65.9 Å². The van der Waals surface area contributed by atoms with Gasteiger partial charge in [-0.1, -0.05) is 146 Å². The summed E-state index contributed by atoms with van der Waals surface area (Å²) >= 11 is 0. The Morgan fingerprint density at radius 1 is 0.471 bits per heavy atom. The Bertz CT molecular complexity index is 2700. The van der Waals surface area contributed by atoms with Crippen LogP contribution in [0.5, 0.6) is 0 Å². The summed E-state index contributed by atoms with van der Waals surface area (Å²) in [4.78, 5) is 34.6. The smallest absolute Gasteiger partial charge is 0.383 e. The molecule has 0 aliphatic heterocycles. The van der Waals surface area contributed by atoms with E-state index in [-0.39, 0.29) is 32.2 Å². The predicted molar refractivity (Wildman–Crippen MR) is 272 cm³/mol. The van der Waals surface area contributed by atoms with E-state index in [0.717, 1.165) is 44.8 Å². The zero-order chi connectivity index (χ0) is 47.1. The SMILES string of the molecule is CC(Nc1c(-c2ccccc2)cc(-c2ccccc2)cc1-c1ccccc1)c1cccc(C(C)(O)Cc2ccccc2)n1.O=[C-]c1ccccc1.O=[C-]c1ccccc1.O=[C-]c1ccccc1.[Zr+4]. The summed E-state index contributed by atoms with van der Waals surface area (Å²) in [5.74, 6) is 0. The van der Waals surface area contributed by atoms with Crippen molar-refractivity contribution in [2.45, 2.75) is 31.9 Å². The van der Waals surface area contributed by atoms with Crippen LogP contribution in [-0.4, -0.2) is 28.9 Å². The van der Waals surface area contributed by atoms with E-state index < -0.39 is 5.60 Å². The van der Waals surface area contributed by atoms with Gasteiger partial charge in [-0.25, -0.2) is 0 Å². The third-order valence-corrected chi connectivity index (χ3v) is 10.6. The van der Waals surface area contributed by atoms with Crippen LogP contribution >= 0.6 is 0 Å². The van der Waals surface area contributed by atoms with Crippen molar-refractivity contribution in [3.05, 3.63) is 276 Å². The molecule has 9 aromatic rings. The third-order valence-electron chi connectivity index (χ3n) is 10.6. The molecule has 0 saturated carbocycles. The Kier molecular flexibility index (Phi) is 20.7. The summed E-state index contributed by atoms with van der Waals surface area (Å²) in [5.41, 5.74) is 11.2. The number of pyridine rings is 1. The second kappa shape index (κ2) is 27.3. The van der Waals surface area contributed by atoms with Crippen LogP contribution in [0, 0.1) is 0 Å². The first-order chi connectivity index (χ1) is 32.8. The Morgan fingerprint density at radius 2 is 0.824 bits per heavy atom. The molecule has 2 atom stereocenters. The monoisotopic (exact) mass is 965 g/mol. The molecule has 1 heterocycles. The van der Waals surface area contributed by atoms with Crippen molar-refractivity contribution in [3.8, 4) is 33.4 Å². The molecule has 0 amide bonds. The van der Waals surface area contributed by atoms with Crippen molar-refractivity contribution in [1.82, 2.24) is 4.98 Å². The molecule has 7 heteroatoms. The molecule has 0 radical (unpaired) electrons. The number of aliphatic hydroxyl groups is 1. The Morgan fingerprint density at radius 3 is 1.19 bits per heavy atom. The number of hydrogen-bond donors (Lipinski definition) is 2. The predicted octanol–water partition coefficient (Wildman–Crippen LogP) is 13.1. The van der Waals surface area contributed by atoms with Crippen molar-refractivity contribution in [1.29, 1.82) is 0 Å². The van der Waals surface area contributed by atoms with Crippen LogP contribution in [0.15, 0.2) is 243 Å². The minimum atomic E-state index is -1.10. The van der Waals surface area contributed by atoms with Crippen molar-refractivity contribution in [2.75, 3.05) is 5.32 Å². The van der Waals surface area contributed by atoms with E-state index in [9.17, 15) is 19.5 Å². The van der Waals surface area contributed by atoms with Crippen molar-refractivity contribution >= 4 is 24.5 Å². The van der Waals surface area contributed by atoms with Gasteiger partial charge in [0.05, 0.1) is 42.0 Å². The van der Waals surface area contributed by atoms with Gasteiger partial charge in [0.15, 0.2) is 0 Å². The van der Waals surface area contributed by atoms with Gasteiger partial charge in [0, 0.05) is 17.5 Å². The van der Waals surface area contributed by atoms with Gasteiger partial charge < -0.3 is 24.8 Å². The van der Waals surface area contributed by atoms with Gasteiger partial charge >= 0.3 is 26.2 Å². The fourth-order valence-electron chi connectivity index (χ4n) is 7.17.